The fraction of sp³-hybridized carbons (Fsp3) is 0.455. The van der Waals surface area contributed by atoms with Crippen LogP contribution in [-0.2, 0) is 9.53 Å². The second kappa shape index (κ2) is 6.90. The molecule has 0 atom stereocenters. The number of carbonyl (C=O) groups excluding carboxylic acids is 2. The lowest BCUT2D eigenvalue weighted by atomic mass is 10.3. The SMILES string of the molecule is CCOC(=O)CCN(C)C(=O)c1cncc(Cl)n1. The molecule has 0 aliphatic carbocycles. The van der Waals surface area contributed by atoms with Gasteiger partial charge in [0.15, 0.2) is 0 Å². The van der Waals surface area contributed by atoms with Gasteiger partial charge in [-0.3, -0.25) is 14.6 Å². The van der Waals surface area contributed by atoms with Gasteiger partial charge in [0.25, 0.3) is 5.91 Å². The van der Waals surface area contributed by atoms with E-state index in [0.29, 0.717) is 6.61 Å². The van der Waals surface area contributed by atoms with Gasteiger partial charge < -0.3 is 9.64 Å². The monoisotopic (exact) mass is 271 g/mol. The summed E-state index contributed by atoms with van der Waals surface area (Å²) in [7, 11) is 1.57. The molecule has 0 spiro atoms. The summed E-state index contributed by atoms with van der Waals surface area (Å²) in [5, 5.41) is 0.152. The molecule has 0 saturated carbocycles. The Morgan fingerprint density at radius 1 is 1.44 bits per heavy atom. The molecule has 0 aliphatic heterocycles. The number of ether oxygens (including phenoxy) is 1. The van der Waals surface area contributed by atoms with E-state index < -0.39 is 0 Å². The summed E-state index contributed by atoms with van der Waals surface area (Å²) in [6.45, 7) is 2.32. The molecule has 1 heterocycles. The minimum absolute atomic E-state index is 0.143. The van der Waals surface area contributed by atoms with Crippen LogP contribution in [0.25, 0.3) is 0 Å². The van der Waals surface area contributed by atoms with E-state index in [1.165, 1.54) is 17.3 Å². The number of carbonyl (C=O) groups is 2. The number of hydrogen-bond acceptors (Lipinski definition) is 5. The highest BCUT2D eigenvalue weighted by molar-refractivity contribution is 6.29. The normalized spacial score (nSPS) is 9.94. The summed E-state index contributed by atoms with van der Waals surface area (Å²) in [5.74, 6) is -0.677. The summed E-state index contributed by atoms with van der Waals surface area (Å²) in [6, 6.07) is 0. The largest absolute Gasteiger partial charge is 0.466 e. The molecule has 18 heavy (non-hydrogen) atoms. The van der Waals surface area contributed by atoms with Gasteiger partial charge in [-0.15, -0.1) is 0 Å². The third kappa shape index (κ3) is 4.29. The average molecular weight is 272 g/mol. The molecule has 1 amide bonds. The van der Waals surface area contributed by atoms with Crippen molar-refractivity contribution in [1.29, 1.82) is 0 Å². The van der Waals surface area contributed by atoms with Crippen molar-refractivity contribution in [3.63, 3.8) is 0 Å². The van der Waals surface area contributed by atoms with Gasteiger partial charge >= 0.3 is 5.97 Å². The Morgan fingerprint density at radius 2 is 2.17 bits per heavy atom. The molecule has 1 aromatic rings. The molecule has 7 heteroatoms. The second-order valence-corrected chi connectivity index (χ2v) is 3.90. The molecular formula is C11H14ClN3O3. The maximum atomic E-state index is 11.9. The minimum Gasteiger partial charge on any atom is -0.466 e. The Balaban J connectivity index is 2.54. The molecule has 0 radical (unpaired) electrons. The van der Waals surface area contributed by atoms with Crippen molar-refractivity contribution in [3.8, 4) is 0 Å². The quantitative estimate of drug-likeness (QED) is 0.752. The summed E-state index contributed by atoms with van der Waals surface area (Å²) >= 11 is 5.64. The maximum absolute atomic E-state index is 11.9. The van der Waals surface area contributed by atoms with Crippen LogP contribution in [0.2, 0.25) is 5.15 Å². The molecule has 1 rings (SSSR count). The standard InChI is InChI=1S/C11H14ClN3O3/c1-3-18-10(16)4-5-15(2)11(17)8-6-13-7-9(12)14-8/h6-7H,3-5H2,1-2H3. The van der Waals surface area contributed by atoms with Gasteiger partial charge in [0, 0.05) is 13.6 Å². The Bertz CT molecular complexity index is 439. The van der Waals surface area contributed by atoms with Crippen molar-refractivity contribution in [2.75, 3.05) is 20.2 Å². The Hall–Kier alpha value is -1.69. The van der Waals surface area contributed by atoms with E-state index in [-0.39, 0.29) is 35.7 Å². The van der Waals surface area contributed by atoms with Gasteiger partial charge in [0.05, 0.1) is 25.4 Å². The number of esters is 1. The predicted molar refractivity (Wildman–Crippen MR) is 65.3 cm³/mol. The molecule has 0 aliphatic rings. The van der Waals surface area contributed by atoms with Crippen molar-refractivity contribution in [2.24, 2.45) is 0 Å². The Morgan fingerprint density at radius 3 is 2.78 bits per heavy atom. The lowest BCUT2D eigenvalue weighted by Crippen LogP contribution is -2.30. The van der Waals surface area contributed by atoms with E-state index in [1.807, 2.05) is 0 Å². The Labute approximate surface area is 110 Å². The smallest absolute Gasteiger partial charge is 0.307 e. The molecule has 0 N–H and O–H groups in total. The molecule has 0 fully saturated rings. The zero-order valence-electron chi connectivity index (χ0n) is 10.2. The van der Waals surface area contributed by atoms with Crippen LogP contribution < -0.4 is 0 Å². The molecule has 98 valence electrons. The summed E-state index contributed by atoms with van der Waals surface area (Å²) in [6.07, 6.45) is 2.82. The highest BCUT2D eigenvalue weighted by Gasteiger charge is 2.15. The number of nitrogens with zero attached hydrogens (tertiary/aromatic N) is 3. The number of halogens is 1. The molecular weight excluding hydrogens is 258 g/mol. The first-order valence-electron chi connectivity index (χ1n) is 5.43. The summed E-state index contributed by atoms with van der Waals surface area (Å²) in [5.41, 5.74) is 0.147. The van der Waals surface area contributed by atoms with Crippen molar-refractivity contribution in [3.05, 3.63) is 23.2 Å². The van der Waals surface area contributed by atoms with Crippen molar-refractivity contribution >= 4 is 23.5 Å². The van der Waals surface area contributed by atoms with Crippen LogP contribution in [0.15, 0.2) is 12.4 Å². The summed E-state index contributed by atoms with van der Waals surface area (Å²) < 4.78 is 4.77. The van der Waals surface area contributed by atoms with E-state index in [2.05, 4.69) is 9.97 Å². The van der Waals surface area contributed by atoms with Gasteiger partial charge in [0.1, 0.15) is 10.8 Å². The third-order valence-corrected chi connectivity index (χ3v) is 2.31. The second-order valence-electron chi connectivity index (χ2n) is 3.51. The van der Waals surface area contributed by atoms with Crippen LogP contribution in [0.5, 0.6) is 0 Å². The van der Waals surface area contributed by atoms with Crippen LogP contribution in [0.1, 0.15) is 23.8 Å². The number of amides is 1. The first-order valence-corrected chi connectivity index (χ1v) is 5.81. The van der Waals surface area contributed by atoms with Crippen LogP contribution in [0, 0.1) is 0 Å². The summed E-state index contributed by atoms with van der Waals surface area (Å²) in [4.78, 5) is 32.0. The molecule has 0 saturated heterocycles. The number of hydrogen-bond donors (Lipinski definition) is 0. The van der Waals surface area contributed by atoms with Crippen LogP contribution in [-0.4, -0.2) is 46.9 Å². The molecule has 0 bridgehead atoms. The van der Waals surface area contributed by atoms with E-state index >= 15 is 0 Å². The molecule has 1 aromatic heterocycles. The van der Waals surface area contributed by atoms with E-state index in [4.69, 9.17) is 16.3 Å². The van der Waals surface area contributed by atoms with Crippen LogP contribution in [0.4, 0.5) is 0 Å². The van der Waals surface area contributed by atoms with Crippen molar-refractivity contribution < 1.29 is 14.3 Å². The van der Waals surface area contributed by atoms with Crippen molar-refractivity contribution in [1.82, 2.24) is 14.9 Å². The third-order valence-electron chi connectivity index (χ3n) is 2.13. The van der Waals surface area contributed by atoms with Crippen LogP contribution >= 0.6 is 11.6 Å². The van der Waals surface area contributed by atoms with E-state index in [1.54, 1.807) is 14.0 Å². The van der Waals surface area contributed by atoms with Gasteiger partial charge in [-0.05, 0) is 6.92 Å². The maximum Gasteiger partial charge on any atom is 0.307 e. The van der Waals surface area contributed by atoms with Gasteiger partial charge in [-0.1, -0.05) is 11.6 Å². The first kappa shape index (κ1) is 14.4. The lowest BCUT2D eigenvalue weighted by Gasteiger charge is -2.15. The molecule has 6 nitrogen and oxygen atoms in total. The minimum atomic E-state index is -0.339. The molecule has 0 unspecified atom stereocenters. The fourth-order valence-electron chi connectivity index (χ4n) is 1.23. The average Bonchev–Trinajstić information content (AvgIpc) is 2.35. The zero-order chi connectivity index (χ0) is 13.5. The van der Waals surface area contributed by atoms with Crippen LogP contribution in [0.3, 0.4) is 0 Å². The van der Waals surface area contributed by atoms with Gasteiger partial charge in [-0.2, -0.15) is 0 Å². The van der Waals surface area contributed by atoms with Gasteiger partial charge in [0.2, 0.25) is 0 Å². The van der Waals surface area contributed by atoms with Crippen molar-refractivity contribution in [2.45, 2.75) is 13.3 Å². The Kier molecular flexibility index (Phi) is 5.51. The molecule has 0 aromatic carbocycles. The topological polar surface area (TPSA) is 72.4 Å². The van der Waals surface area contributed by atoms with E-state index in [0.717, 1.165) is 0 Å². The first-order chi connectivity index (χ1) is 8.54. The van der Waals surface area contributed by atoms with Gasteiger partial charge in [-0.25, -0.2) is 4.98 Å². The number of rotatable bonds is 5. The fourth-order valence-corrected chi connectivity index (χ4v) is 1.38. The predicted octanol–water partition coefficient (Wildman–Crippen LogP) is 1.16. The lowest BCUT2D eigenvalue weighted by molar-refractivity contribution is -0.143. The zero-order valence-corrected chi connectivity index (χ0v) is 11.0. The van der Waals surface area contributed by atoms with E-state index in [9.17, 15) is 9.59 Å². The number of aromatic nitrogens is 2. The highest BCUT2D eigenvalue weighted by atomic mass is 35.5. The highest BCUT2D eigenvalue weighted by Crippen LogP contribution is 2.05.